The van der Waals surface area contributed by atoms with Gasteiger partial charge in [-0.25, -0.2) is 10.4 Å². The van der Waals surface area contributed by atoms with Gasteiger partial charge in [0.2, 0.25) is 11.8 Å². The van der Waals surface area contributed by atoms with Crippen LogP contribution < -0.4 is 5.43 Å². The summed E-state index contributed by atoms with van der Waals surface area (Å²) in [4.78, 5) is 0. The van der Waals surface area contributed by atoms with Crippen molar-refractivity contribution in [2.45, 2.75) is 25.8 Å². The van der Waals surface area contributed by atoms with Crippen LogP contribution in [0.5, 0.6) is 0 Å². The molecule has 0 unspecified atom stereocenters. The van der Waals surface area contributed by atoms with Crippen molar-refractivity contribution < 1.29 is 4.42 Å². The number of rotatable bonds is 4. The zero-order chi connectivity index (χ0) is 12.9. The molecular weight excluding hydrogens is 240 g/mol. The largest absolute Gasteiger partial charge is 0.419 e. The third-order valence-corrected chi connectivity index (χ3v) is 3.30. The van der Waals surface area contributed by atoms with Gasteiger partial charge in [0.25, 0.3) is 0 Å². The molecule has 0 bridgehead atoms. The lowest BCUT2D eigenvalue weighted by molar-refractivity contribution is 0.145. The van der Waals surface area contributed by atoms with Crippen LogP contribution in [0.15, 0.2) is 34.7 Å². The first-order valence-corrected chi connectivity index (χ1v) is 6.78. The zero-order valence-corrected chi connectivity index (χ0v) is 10.9. The highest BCUT2D eigenvalue weighted by Crippen LogP contribution is 2.16. The van der Waals surface area contributed by atoms with Crippen molar-refractivity contribution in [3.05, 3.63) is 36.2 Å². The molecule has 1 aromatic heterocycles. The number of benzene rings is 1. The van der Waals surface area contributed by atoms with E-state index < -0.39 is 0 Å². The fourth-order valence-corrected chi connectivity index (χ4v) is 2.25. The maximum Gasteiger partial charge on any atom is 0.247 e. The van der Waals surface area contributed by atoms with Crippen LogP contribution in [0.25, 0.3) is 11.5 Å². The molecule has 5 heteroatoms. The molecule has 1 fully saturated rings. The second-order valence-corrected chi connectivity index (χ2v) is 4.75. The molecular formula is C14H18N4O. The lowest BCUT2D eigenvalue weighted by Gasteiger charge is -2.26. The van der Waals surface area contributed by atoms with E-state index in [1.165, 1.54) is 19.3 Å². The van der Waals surface area contributed by atoms with Crippen molar-refractivity contribution in [2.75, 3.05) is 13.1 Å². The number of nitrogens with zero attached hydrogens (tertiary/aromatic N) is 3. The predicted molar refractivity (Wildman–Crippen MR) is 72.0 cm³/mol. The molecule has 0 atom stereocenters. The van der Waals surface area contributed by atoms with Gasteiger partial charge in [-0.1, -0.05) is 24.6 Å². The highest BCUT2D eigenvalue weighted by molar-refractivity contribution is 5.51. The van der Waals surface area contributed by atoms with Crippen molar-refractivity contribution in [3.8, 4) is 11.5 Å². The van der Waals surface area contributed by atoms with Gasteiger partial charge in [0.15, 0.2) is 0 Å². The molecule has 19 heavy (non-hydrogen) atoms. The average Bonchev–Trinajstić information content (AvgIpc) is 2.96. The molecule has 0 amide bonds. The summed E-state index contributed by atoms with van der Waals surface area (Å²) in [6.45, 7) is 2.79. The molecule has 1 saturated heterocycles. The number of nitrogens with one attached hydrogen (secondary N) is 1. The van der Waals surface area contributed by atoms with Gasteiger partial charge in [-0.05, 0) is 25.0 Å². The van der Waals surface area contributed by atoms with Crippen molar-refractivity contribution >= 4 is 0 Å². The fourth-order valence-electron chi connectivity index (χ4n) is 2.25. The van der Waals surface area contributed by atoms with Crippen LogP contribution in [0, 0.1) is 0 Å². The summed E-state index contributed by atoms with van der Waals surface area (Å²) in [5, 5.41) is 10.4. The third-order valence-electron chi connectivity index (χ3n) is 3.30. The Hall–Kier alpha value is -1.72. The number of piperidine rings is 1. The Morgan fingerprint density at radius 2 is 1.84 bits per heavy atom. The molecule has 2 heterocycles. The average molecular weight is 258 g/mol. The normalized spacial score (nSPS) is 16.6. The molecule has 0 aliphatic carbocycles. The van der Waals surface area contributed by atoms with Gasteiger partial charge in [-0.2, -0.15) is 0 Å². The predicted octanol–water partition coefficient (Wildman–Crippen LogP) is 2.23. The standard InChI is InChI=1S/C14H18N4O/c1-3-7-12(8-4-1)14-17-16-13(19-14)11-15-18-9-5-2-6-10-18/h1,3-4,7-8,15H,2,5-6,9-11H2. The van der Waals surface area contributed by atoms with Gasteiger partial charge >= 0.3 is 0 Å². The Morgan fingerprint density at radius 1 is 1.05 bits per heavy atom. The Bertz CT molecular complexity index is 505. The molecule has 0 radical (unpaired) electrons. The summed E-state index contributed by atoms with van der Waals surface area (Å²) < 4.78 is 5.65. The van der Waals surface area contributed by atoms with Gasteiger partial charge in [0.1, 0.15) is 0 Å². The molecule has 0 spiro atoms. The van der Waals surface area contributed by atoms with Crippen LogP contribution in [0.1, 0.15) is 25.2 Å². The van der Waals surface area contributed by atoms with E-state index in [0.29, 0.717) is 18.3 Å². The lowest BCUT2D eigenvalue weighted by Crippen LogP contribution is -2.41. The van der Waals surface area contributed by atoms with Gasteiger partial charge in [-0.15, -0.1) is 10.2 Å². The van der Waals surface area contributed by atoms with Crippen LogP contribution in [0.2, 0.25) is 0 Å². The summed E-state index contributed by atoms with van der Waals surface area (Å²) in [6, 6.07) is 9.83. The van der Waals surface area contributed by atoms with Gasteiger partial charge in [-0.3, -0.25) is 0 Å². The maximum absolute atomic E-state index is 5.65. The maximum atomic E-state index is 5.65. The van der Waals surface area contributed by atoms with E-state index in [-0.39, 0.29) is 0 Å². The van der Waals surface area contributed by atoms with Crippen LogP contribution in [0.3, 0.4) is 0 Å². The zero-order valence-electron chi connectivity index (χ0n) is 10.9. The monoisotopic (exact) mass is 258 g/mol. The first-order chi connectivity index (χ1) is 9.42. The molecule has 1 aliphatic heterocycles. The van der Waals surface area contributed by atoms with Crippen LogP contribution >= 0.6 is 0 Å². The SMILES string of the molecule is c1ccc(-c2nnc(CNN3CCCCC3)o2)cc1. The number of hydrogen-bond donors (Lipinski definition) is 1. The molecule has 0 saturated carbocycles. The molecule has 100 valence electrons. The number of hydrogen-bond acceptors (Lipinski definition) is 5. The van der Waals surface area contributed by atoms with Crippen LogP contribution in [-0.2, 0) is 6.54 Å². The summed E-state index contributed by atoms with van der Waals surface area (Å²) >= 11 is 0. The topological polar surface area (TPSA) is 54.2 Å². The quantitative estimate of drug-likeness (QED) is 0.911. The molecule has 5 nitrogen and oxygen atoms in total. The van der Waals surface area contributed by atoms with E-state index in [1.54, 1.807) is 0 Å². The van der Waals surface area contributed by atoms with Gasteiger partial charge < -0.3 is 4.42 Å². The van der Waals surface area contributed by atoms with E-state index in [1.807, 2.05) is 30.3 Å². The fraction of sp³-hybridized carbons (Fsp3) is 0.429. The molecule has 2 aromatic rings. The van der Waals surface area contributed by atoms with Gasteiger partial charge in [0.05, 0.1) is 6.54 Å². The Kier molecular flexibility index (Phi) is 3.86. The Labute approximate surface area is 112 Å². The first kappa shape index (κ1) is 12.3. The Balaban J connectivity index is 1.59. The molecule has 1 aliphatic rings. The van der Waals surface area contributed by atoms with Crippen LogP contribution in [0.4, 0.5) is 0 Å². The minimum Gasteiger partial charge on any atom is -0.419 e. The highest BCUT2D eigenvalue weighted by Gasteiger charge is 2.12. The number of hydrazine groups is 1. The third kappa shape index (κ3) is 3.19. The molecule has 1 N–H and O–H groups in total. The van der Waals surface area contributed by atoms with E-state index >= 15 is 0 Å². The lowest BCUT2D eigenvalue weighted by atomic mass is 10.2. The van der Waals surface area contributed by atoms with E-state index in [9.17, 15) is 0 Å². The summed E-state index contributed by atoms with van der Waals surface area (Å²) in [6.07, 6.45) is 3.84. The smallest absolute Gasteiger partial charge is 0.247 e. The second-order valence-electron chi connectivity index (χ2n) is 4.75. The van der Waals surface area contributed by atoms with Crippen molar-refractivity contribution in [1.82, 2.24) is 20.6 Å². The minimum atomic E-state index is 0.580. The molecule has 3 rings (SSSR count). The summed E-state index contributed by atoms with van der Waals surface area (Å²) in [7, 11) is 0. The Morgan fingerprint density at radius 3 is 2.63 bits per heavy atom. The van der Waals surface area contributed by atoms with E-state index in [4.69, 9.17) is 4.42 Å². The molecule has 1 aromatic carbocycles. The van der Waals surface area contributed by atoms with Crippen LogP contribution in [-0.4, -0.2) is 28.3 Å². The minimum absolute atomic E-state index is 0.580. The highest BCUT2D eigenvalue weighted by atomic mass is 16.4. The first-order valence-electron chi connectivity index (χ1n) is 6.78. The number of aromatic nitrogens is 2. The van der Waals surface area contributed by atoms with Crippen molar-refractivity contribution in [1.29, 1.82) is 0 Å². The van der Waals surface area contributed by atoms with E-state index in [0.717, 1.165) is 18.7 Å². The van der Waals surface area contributed by atoms with E-state index in [2.05, 4.69) is 20.6 Å². The summed E-state index contributed by atoms with van der Waals surface area (Å²) in [5.41, 5.74) is 4.30. The second kappa shape index (κ2) is 5.95. The summed E-state index contributed by atoms with van der Waals surface area (Å²) in [5.74, 6) is 1.21. The van der Waals surface area contributed by atoms with Crippen molar-refractivity contribution in [3.63, 3.8) is 0 Å². The van der Waals surface area contributed by atoms with Crippen molar-refractivity contribution in [2.24, 2.45) is 0 Å². The van der Waals surface area contributed by atoms with Gasteiger partial charge in [0, 0.05) is 18.7 Å².